The first-order valence-corrected chi connectivity index (χ1v) is 32.2. The van der Waals surface area contributed by atoms with Crippen LogP contribution in [0, 0.1) is 71.0 Å². The zero-order valence-corrected chi connectivity index (χ0v) is 56.4. The largest absolute Gasteiger partial charge is 2.00 e. The molecule has 7 amide bonds. The van der Waals surface area contributed by atoms with Crippen LogP contribution in [0.1, 0.15) is 150 Å². The van der Waals surface area contributed by atoms with Crippen LogP contribution < -0.4 is 39.7 Å². The predicted octanol–water partition coefficient (Wildman–Crippen LogP) is 4.04. The maximum absolute atomic E-state index is 14.4. The number of hydrogen-bond acceptors (Lipinski definition) is 18. The van der Waals surface area contributed by atoms with Crippen molar-refractivity contribution in [2.75, 3.05) is 13.2 Å². The summed E-state index contributed by atoms with van der Waals surface area (Å²) >= 11 is 0. The smallest absolute Gasteiger partial charge is 0.680 e. The van der Waals surface area contributed by atoms with E-state index >= 15 is 0 Å². The minimum absolute atomic E-state index is 0. The number of imidazole rings is 1. The molecule has 0 spiro atoms. The van der Waals surface area contributed by atoms with Gasteiger partial charge < -0.3 is 81.3 Å². The second-order valence-corrected chi connectivity index (χ2v) is 28.4. The number of aliphatic hydroxyl groups excluding tert-OH is 2. The summed E-state index contributed by atoms with van der Waals surface area (Å²) in [5, 5.41) is 36.5. The molecular formula is C63H89CoN14O14P. The number of nitrogens with zero attached hydrogens (tertiary/aromatic N) is 7. The van der Waals surface area contributed by atoms with E-state index in [0.29, 0.717) is 56.4 Å². The molecule has 2 fully saturated rings. The molecule has 1 aromatic heterocycles. The van der Waals surface area contributed by atoms with Crippen molar-refractivity contribution in [2.45, 2.75) is 189 Å². The summed E-state index contributed by atoms with van der Waals surface area (Å²) in [5.41, 5.74) is 36.8. The molecule has 93 heavy (non-hydrogen) atoms. The fourth-order valence-electron chi connectivity index (χ4n) is 15.3. The number of ether oxygens (including phenoxy) is 1. The molecule has 7 heterocycles. The molecule has 15 atom stereocenters. The third-order valence-electron chi connectivity index (χ3n) is 20.5. The third kappa shape index (κ3) is 14.6. The van der Waals surface area contributed by atoms with Crippen molar-refractivity contribution in [3.8, 4) is 0 Å². The van der Waals surface area contributed by atoms with Crippen LogP contribution >= 0.6 is 7.82 Å². The standard InChI is InChI=1S/C62H90N13O14P.CN.Co/c1-29-20-39-40(21-30(29)2)75(28-70-39)57-52(84)53(41(27-76)87-57)89-90(85,86)88-31(3)26-69-49(83)18-19-59(8)37(22-46(66)80)56-62(11)61(10,25-48(68)82)36(14-17-45(65)79)51(74-62)33(5)55-60(9,24-47(67)81)34(12-15-43(63)77)38(71-55)23-42-58(6,7)35(13-16-44(64)78)50(72-42)32(4)54(59)73-56;1-2;/h20-21,23,28,31,34-37,41,52-53,56-57,76,84H,12-19,22,24-27H2,1-11H3,(H15,63,64,65,66,67,68,69,71,72,73,74,77,78,79,80,81,82,83,85,86);;/q;-1;+2/p-1/t31-,34-,35-,36-,37+,41+,52-,53-,56+,57+,59-,60+,61+,62+;;/m1../s1. The quantitative estimate of drug-likeness (QED) is 0.0469. The van der Waals surface area contributed by atoms with Crippen LogP contribution in [0.4, 0.5) is 0 Å². The number of phosphoric acid groups is 1. The summed E-state index contributed by atoms with van der Waals surface area (Å²) in [5.74, 6) is -7.34. The molecule has 8 bridgehead atoms. The van der Waals surface area contributed by atoms with Crippen LogP contribution in [-0.2, 0) is 68.7 Å². The van der Waals surface area contributed by atoms with Crippen LogP contribution in [0.5, 0.6) is 0 Å². The van der Waals surface area contributed by atoms with Crippen LogP contribution in [0.25, 0.3) is 16.4 Å². The number of nitrogens with one attached hydrogen (secondary N) is 1. The average Bonchev–Trinajstić information content (AvgIpc) is 1.53. The number of aromatic nitrogens is 2. The molecule has 6 aliphatic heterocycles. The Labute approximate surface area is 551 Å². The van der Waals surface area contributed by atoms with Gasteiger partial charge in [0.2, 0.25) is 41.4 Å². The number of aliphatic hydroxyl groups is 2. The van der Waals surface area contributed by atoms with E-state index in [4.69, 9.17) is 80.3 Å². The molecule has 2 saturated heterocycles. The van der Waals surface area contributed by atoms with E-state index in [1.807, 2.05) is 80.5 Å². The number of phosphoric ester groups is 1. The third-order valence-corrected chi connectivity index (χ3v) is 21.6. The first-order valence-electron chi connectivity index (χ1n) is 30.7. The summed E-state index contributed by atoms with van der Waals surface area (Å²) < 4.78 is 32.3. The van der Waals surface area contributed by atoms with Crippen molar-refractivity contribution in [1.29, 1.82) is 5.26 Å². The molecule has 2 aromatic rings. The minimum Gasteiger partial charge on any atom is -0.680 e. The van der Waals surface area contributed by atoms with Crippen LogP contribution in [-0.4, -0.2) is 132 Å². The Bertz CT molecular complexity index is 3600. The molecular weight excluding hydrogens is 1270 g/mol. The number of hydrogen-bond donors (Lipinski definition) is 10. The number of carbonyl (C=O) groups is 7. The normalized spacial score (nSPS) is 33.1. The van der Waals surface area contributed by atoms with Gasteiger partial charge in [-0.05, 0) is 118 Å². The van der Waals surface area contributed by atoms with E-state index in [1.54, 1.807) is 11.5 Å². The molecule has 30 heteroatoms. The number of benzene rings is 1. The summed E-state index contributed by atoms with van der Waals surface area (Å²) in [7, 11) is -5.07. The average molecular weight is 1360 g/mol. The van der Waals surface area contributed by atoms with Crippen molar-refractivity contribution in [2.24, 2.45) is 94.7 Å². The van der Waals surface area contributed by atoms with E-state index < -0.39 is 143 Å². The summed E-state index contributed by atoms with van der Waals surface area (Å²) in [4.78, 5) is 125. The molecule has 1 radical (unpaired) electrons. The molecule has 0 saturated carbocycles. The Hall–Kier alpha value is -7.00. The number of amides is 7. The monoisotopic (exact) mass is 1360 g/mol. The number of allylic oxidation sites excluding steroid dienone is 6. The minimum atomic E-state index is -5.07. The molecule has 0 aliphatic carbocycles. The van der Waals surface area contributed by atoms with Gasteiger partial charge >= 0.3 is 24.6 Å². The number of primary amides is 6. The Morgan fingerprint density at radius 1 is 0.796 bits per heavy atom. The maximum atomic E-state index is 14.4. The number of rotatable bonds is 26. The molecule has 28 nitrogen and oxygen atoms in total. The number of carbonyl (C=O) groups excluding carboxylic acids is 7. The number of fused-ring (bicyclic) bond motifs is 7. The van der Waals surface area contributed by atoms with Crippen LogP contribution in [0.3, 0.4) is 0 Å². The second-order valence-electron chi connectivity index (χ2n) is 27.0. The molecule has 509 valence electrons. The summed E-state index contributed by atoms with van der Waals surface area (Å²) in [6, 6.07) is 2.68. The number of aliphatic imine (C=N–C) groups is 3. The fourth-order valence-corrected chi connectivity index (χ4v) is 16.5. The van der Waals surface area contributed by atoms with Gasteiger partial charge in [0.1, 0.15) is 18.3 Å². The predicted molar refractivity (Wildman–Crippen MR) is 339 cm³/mol. The van der Waals surface area contributed by atoms with E-state index in [2.05, 4.69) is 10.3 Å². The first kappa shape index (κ1) is 75.0. The Morgan fingerprint density at radius 2 is 1.38 bits per heavy atom. The number of nitrogens with two attached hydrogens (primary N) is 6. The molecule has 1 aromatic carbocycles. The fraction of sp³-hybridized carbons (Fsp3) is 0.619. The van der Waals surface area contributed by atoms with Gasteiger partial charge in [-0.25, -0.2) is 9.55 Å². The summed E-state index contributed by atoms with van der Waals surface area (Å²) in [6.07, 6.45) is -4.47. The molecule has 6 aliphatic rings. The van der Waals surface area contributed by atoms with E-state index in [-0.39, 0.29) is 94.0 Å². The summed E-state index contributed by atoms with van der Waals surface area (Å²) in [6.45, 7) is 23.9. The Kier molecular flexibility index (Phi) is 23.0. The molecule has 8 rings (SSSR count). The van der Waals surface area contributed by atoms with Crippen molar-refractivity contribution >= 4 is 77.3 Å². The Morgan fingerprint density at radius 3 is 1.95 bits per heavy atom. The van der Waals surface area contributed by atoms with Crippen molar-refractivity contribution in [3.05, 3.63) is 75.8 Å². The number of aryl methyl sites for hydroxylation is 2. The second kappa shape index (κ2) is 28.5. The van der Waals surface area contributed by atoms with E-state index in [0.717, 1.165) is 11.1 Å². The van der Waals surface area contributed by atoms with Gasteiger partial charge in [0.15, 0.2) is 6.23 Å². The van der Waals surface area contributed by atoms with Gasteiger partial charge in [0.25, 0.3) is 0 Å². The van der Waals surface area contributed by atoms with Crippen molar-refractivity contribution in [1.82, 2.24) is 14.9 Å². The molecule has 16 N–H and O–H groups in total. The van der Waals surface area contributed by atoms with Crippen molar-refractivity contribution in [3.63, 3.8) is 0 Å². The maximum Gasteiger partial charge on any atom is 2.00 e. The van der Waals surface area contributed by atoms with Crippen LogP contribution in [0.2, 0.25) is 0 Å². The first-order chi connectivity index (χ1) is 42.8. The van der Waals surface area contributed by atoms with E-state index in [9.17, 15) is 53.2 Å². The van der Waals surface area contributed by atoms with Gasteiger partial charge in [0.05, 0.1) is 30.1 Å². The van der Waals surface area contributed by atoms with Gasteiger partial charge in [-0.15, -0.1) is 0 Å². The van der Waals surface area contributed by atoms with Gasteiger partial charge in [-0.3, -0.25) is 57.6 Å². The zero-order valence-electron chi connectivity index (χ0n) is 54.5. The van der Waals surface area contributed by atoms with Gasteiger partial charge in [-0.2, -0.15) is 5.70 Å². The molecule has 1 unspecified atom stereocenters. The SMILES string of the molecule is C/C1=C2N=C(/C=C3N=C(/C(C)=C4\[N-][C@@](C)([C@H]5N=C1[C@](C)(CCC(=O)NC[C@@H](C)OP(=O)(O)O[C@H]1[C@@H](O)[C@@H](n6cnc7cc(C)c(C)cc76)O[C@H]1CO)[C@H]5CC(N)=O)[C@@](C)(CC(N)=O)[C@@H]4CCC(N)=O)[C@@](C)(CC(N)=O)[C@@H]\3CCC(N)=O)C(C)(C)[C@@H]/2CCC(N)=O.[C-]#N.[Co+2]. The Balaban J connectivity index is 0.00000453. The van der Waals surface area contributed by atoms with Crippen LogP contribution in [0.15, 0.2) is 67.8 Å². The van der Waals surface area contributed by atoms with Gasteiger partial charge in [-0.1, -0.05) is 47.1 Å². The van der Waals surface area contributed by atoms with Gasteiger partial charge in [0, 0.05) is 114 Å². The van der Waals surface area contributed by atoms with E-state index in [1.165, 1.54) is 13.3 Å². The zero-order chi connectivity index (χ0) is 68.7. The van der Waals surface area contributed by atoms with Crippen molar-refractivity contribution < 1.29 is 83.8 Å². The topological polar surface area (TPSA) is 486 Å².